The Labute approximate surface area is 157 Å². The van der Waals surface area contributed by atoms with Crippen molar-refractivity contribution >= 4 is 12.4 Å². The molecule has 1 aromatic rings. The molecule has 0 radical (unpaired) electrons. The molecule has 0 atom stereocenters. The third kappa shape index (κ3) is 11.9. The molecule has 0 amide bonds. The summed E-state index contributed by atoms with van der Waals surface area (Å²) in [6.45, 7) is 6.52. The molecule has 140 valence electrons. The van der Waals surface area contributed by atoms with Crippen molar-refractivity contribution < 1.29 is 0 Å². The van der Waals surface area contributed by atoms with Crippen molar-refractivity contribution in [3.63, 3.8) is 0 Å². The summed E-state index contributed by atoms with van der Waals surface area (Å²) in [6, 6.07) is 8.84. The molecule has 0 unspecified atom stereocenters. The second-order valence-corrected chi connectivity index (χ2v) is 7.87. The summed E-state index contributed by atoms with van der Waals surface area (Å²) < 4.78 is 0. The molecule has 0 aliphatic heterocycles. The van der Waals surface area contributed by atoms with Gasteiger partial charge >= 0.3 is 0 Å². The Hall–Kier alpha value is -0.530. The Balaban J connectivity index is 0.00000529. The number of nitrogens with two attached hydrogens (primary N) is 1. The molecule has 0 saturated carbocycles. The van der Waals surface area contributed by atoms with E-state index in [1.54, 1.807) is 0 Å². The number of hydrogen-bond donors (Lipinski definition) is 1. The van der Waals surface area contributed by atoms with Crippen molar-refractivity contribution in [3.05, 3.63) is 35.4 Å². The first-order valence-corrected chi connectivity index (χ1v) is 9.88. The molecule has 0 bridgehead atoms. The average molecular weight is 354 g/mol. The van der Waals surface area contributed by atoms with Gasteiger partial charge in [-0.3, -0.25) is 0 Å². The first-order chi connectivity index (χ1) is 11.0. The number of rotatable bonds is 13. The van der Waals surface area contributed by atoms with Crippen LogP contribution in [0.25, 0.3) is 0 Å². The molecule has 2 N–H and O–H groups in total. The van der Waals surface area contributed by atoms with Crippen LogP contribution in [0.5, 0.6) is 0 Å². The van der Waals surface area contributed by atoms with E-state index >= 15 is 0 Å². The SMILES string of the molecule is CCCCCCCCCCCCc1ccccc1CC(C)(C)N.Cl. The van der Waals surface area contributed by atoms with Crippen molar-refractivity contribution in [3.8, 4) is 0 Å². The Kier molecular flexibility index (Phi) is 13.4. The zero-order valence-electron chi connectivity index (χ0n) is 16.3. The third-order valence-corrected chi connectivity index (χ3v) is 4.56. The molecule has 0 aliphatic rings. The van der Waals surface area contributed by atoms with Gasteiger partial charge in [0.15, 0.2) is 0 Å². The highest BCUT2D eigenvalue weighted by atomic mass is 35.5. The Morgan fingerprint density at radius 1 is 0.750 bits per heavy atom. The number of benzene rings is 1. The lowest BCUT2D eigenvalue weighted by Gasteiger charge is -2.20. The van der Waals surface area contributed by atoms with E-state index < -0.39 is 0 Å². The van der Waals surface area contributed by atoms with Gasteiger partial charge in [-0.25, -0.2) is 0 Å². The zero-order valence-corrected chi connectivity index (χ0v) is 17.1. The van der Waals surface area contributed by atoms with Crippen LogP contribution in [0.3, 0.4) is 0 Å². The van der Waals surface area contributed by atoms with Crippen molar-refractivity contribution in [1.29, 1.82) is 0 Å². The van der Waals surface area contributed by atoms with Crippen molar-refractivity contribution in [1.82, 2.24) is 0 Å². The molecule has 0 saturated heterocycles. The monoisotopic (exact) mass is 353 g/mol. The van der Waals surface area contributed by atoms with Crippen LogP contribution >= 0.6 is 12.4 Å². The lowest BCUT2D eigenvalue weighted by Crippen LogP contribution is -2.34. The molecular formula is C22H40ClN. The van der Waals surface area contributed by atoms with Crippen LogP contribution in [0.1, 0.15) is 96.1 Å². The van der Waals surface area contributed by atoms with Gasteiger partial charge in [-0.05, 0) is 44.2 Å². The molecule has 0 aromatic heterocycles. The van der Waals surface area contributed by atoms with Gasteiger partial charge in [-0.15, -0.1) is 12.4 Å². The average Bonchev–Trinajstić information content (AvgIpc) is 2.49. The van der Waals surface area contributed by atoms with E-state index in [1.807, 2.05) is 0 Å². The van der Waals surface area contributed by atoms with Crippen LogP contribution in [0.15, 0.2) is 24.3 Å². The summed E-state index contributed by atoms with van der Waals surface area (Å²) in [6.07, 6.45) is 16.2. The van der Waals surface area contributed by atoms with E-state index in [9.17, 15) is 0 Å². The second kappa shape index (κ2) is 13.7. The maximum atomic E-state index is 6.19. The highest BCUT2D eigenvalue weighted by Gasteiger charge is 2.13. The highest BCUT2D eigenvalue weighted by Crippen LogP contribution is 2.18. The Morgan fingerprint density at radius 2 is 1.21 bits per heavy atom. The van der Waals surface area contributed by atoms with Gasteiger partial charge in [-0.2, -0.15) is 0 Å². The van der Waals surface area contributed by atoms with Gasteiger partial charge in [0, 0.05) is 5.54 Å². The summed E-state index contributed by atoms with van der Waals surface area (Å²) in [5.74, 6) is 0. The van der Waals surface area contributed by atoms with Gasteiger partial charge < -0.3 is 5.73 Å². The maximum absolute atomic E-state index is 6.19. The van der Waals surface area contributed by atoms with Gasteiger partial charge in [0.2, 0.25) is 0 Å². The van der Waals surface area contributed by atoms with Crippen molar-refractivity contribution in [2.45, 2.75) is 103 Å². The molecule has 0 spiro atoms. The largest absolute Gasteiger partial charge is 0.325 e. The fraction of sp³-hybridized carbons (Fsp3) is 0.727. The summed E-state index contributed by atoms with van der Waals surface area (Å²) in [4.78, 5) is 0. The molecule has 0 aliphatic carbocycles. The Bertz CT molecular complexity index is 409. The van der Waals surface area contributed by atoms with E-state index in [0.717, 1.165) is 6.42 Å². The fourth-order valence-corrected chi connectivity index (χ4v) is 3.27. The van der Waals surface area contributed by atoms with Crippen LogP contribution in [0, 0.1) is 0 Å². The number of halogens is 1. The van der Waals surface area contributed by atoms with E-state index in [0.29, 0.717) is 0 Å². The predicted molar refractivity (Wildman–Crippen MR) is 111 cm³/mol. The van der Waals surface area contributed by atoms with Gasteiger partial charge in [0.1, 0.15) is 0 Å². The minimum Gasteiger partial charge on any atom is -0.325 e. The van der Waals surface area contributed by atoms with E-state index in [2.05, 4.69) is 45.0 Å². The summed E-state index contributed by atoms with van der Waals surface area (Å²) in [5, 5.41) is 0. The first kappa shape index (κ1) is 23.5. The quantitative estimate of drug-likeness (QED) is 0.385. The fourth-order valence-electron chi connectivity index (χ4n) is 3.27. The number of unbranched alkanes of at least 4 members (excludes halogenated alkanes) is 9. The molecule has 24 heavy (non-hydrogen) atoms. The van der Waals surface area contributed by atoms with E-state index in [1.165, 1.54) is 81.8 Å². The molecule has 2 heteroatoms. The summed E-state index contributed by atoms with van der Waals surface area (Å²) in [7, 11) is 0. The van der Waals surface area contributed by atoms with Crippen molar-refractivity contribution in [2.24, 2.45) is 5.73 Å². The van der Waals surface area contributed by atoms with Crippen LogP contribution < -0.4 is 5.73 Å². The lowest BCUT2D eigenvalue weighted by atomic mass is 9.91. The topological polar surface area (TPSA) is 26.0 Å². The molecule has 1 aromatic carbocycles. The smallest absolute Gasteiger partial charge is 0.0138 e. The summed E-state index contributed by atoms with van der Waals surface area (Å²) in [5.41, 5.74) is 9.02. The van der Waals surface area contributed by atoms with Crippen LogP contribution in [-0.2, 0) is 12.8 Å². The normalized spacial score (nSPS) is 11.3. The summed E-state index contributed by atoms with van der Waals surface area (Å²) >= 11 is 0. The van der Waals surface area contributed by atoms with Gasteiger partial charge in [0.25, 0.3) is 0 Å². The first-order valence-electron chi connectivity index (χ1n) is 9.88. The maximum Gasteiger partial charge on any atom is 0.0138 e. The van der Waals surface area contributed by atoms with Gasteiger partial charge in [0.05, 0.1) is 0 Å². The lowest BCUT2D eigenvalue weighted by molar-refractivity contribution is 0.513. The van der Waals surface area contributed by atoms with E-state index in [-0.39, 0.29) is 17.9 Å². The van der Waals surface area contributed by atoms with Crippen LogP contribution in [0.2, 0.25) is 0 Å². The standard InChI is InChI=1S/C22H39N.ClH/c1-4-5-6-7-8-9-10-11-12-13-16-20-17-14-15-18-21(20)19-22(2,3)23;/h14-15,17-18H,4-13,16,19,23H2,1-3H3;1H. The Morgan fingerprint density at radius 3 is 1.71 bits per heavy atom. The minimum atomic E-state index is -0.117. The third-order valence-electron chi connectivity index (χ3n) is 4.56. The van der Waals surface area contributed by atoms with Gasteiger partial charge in [-0.1, -0.05) is 89.0 Å². The number of aryl methyl sites for hydroxylation is 1. The van der Waals surface area contributed by atoms with Crippen LogP contribution in [-0.4, -0.2) is 5.54 Å². The van der Waals surface area contributed by atoms with Crippen molar-refractivity contribution in [2.75, 3.05) is 0 Å². The minimum absolute atomic E-state index is 0. The molecule has 1 nitrogen and oxygen atoms in total. The van der Waals surface area contributed by atoms with E-state index in [4.69, 9.17) is 5.73 Å². The predicted octanol–water partition coefficient (Wildman–Crippen LogP) is 6.85. The molecular weight excluding hydrogens is 314 g/mol. The second-order valence-electron chi connectivity index (χ2n) is 7.87. The van der Waals surface area contributed by atoms with Crippen LogP contribution in [0.4, 0.5) is 0 Å². The molecule has 0 fully saturated rings. The molecule has 1 rings (SSSR count). The molecule has 0 heterocycles. The zero-order chi connectivity index (χ0) is 17.0. The number of hydrogen-bond acceptors (Lipinski definition) is 1. The highest BCUT2D eigenvalue weighted by molar-refractivity contribution is 5.85.